The van der Waals surface area contributed by atoms with Gasteiger partial charge in [-0.25, -0.2) is 18.7 Å². The van der Waals surface area contributed by atoms with Gasteiger partial charge in [0.1, 0.15) is 23.2 Å². The van der Waals surface area contributed by atoms with Gasteiger partial charge in [0.05, 0.1) is 0 Å². The summed E-state index contributed by atoms with van der Waals surface area (Å²) in [6, 6.07) is 2.04. The fourth-order valence-corrected chi connectivity index (χ4v) is 1.80. The molecule has 1 heterocycles. The first-order chi connectivity index (χ1) is 9.43. The van der Waals surface area contributed by atoms with Crippen LogP contribution in [0.1, 0.15) is 22.5 Å². The maximum absolute atomic E-state index is 13.6. The maximum Gasteiger partial charge on any atom is 0.180 e. The van der Waals surface area contributed by atoms with Gasteiger partial charge in [0.15, 0.2) is 5.82 Å². The Balaban J connectivity index is 2.62. The molecule has 0 saturated heterocycles. The smallest absolute Gasteiger partial charge is 0.180 e. The molecule has 0 aliphatic carbocycles. The number of nitrogens with two attached hydrogens (primary N) is 1. The van der Waals surface area contributed by atoms with Crippen molar-refractivity contribution >= 4 is 11.5 Å². The van der Waals surface area contributed by atoms with Gasteiger partial charge in [-0.15, -0.1) is 0 Å². The van der Waals surface area contributed by atoms with E-state index in [1.165, 1.54) is 13.1 Å². The molecular formula is C14H14F2N4. The summed E-state index contributed by atoms with van der Waals surface area (Å²) in [7, 11) is 1.51. The van der Waals surface area contributed by atoms with Crippen LogP contribution in [0.4, 0.5) is 14.6 Å². The van der Waals surface area contributed by atoms with Crippen molar-refractivity contribution in [2.75, 3.05) is 12.8 Å². The van der Waals surface area contributed by atoms with E-state index < -0.39 is 11.6 Å². The average Bonchev–Trinajstić information content (AvgIpc) is 2.40. The fraction of sp³-hybridized carbons (Fsp3) is 0.214. The van der Waals surface area contributed by atoms with E-state index in [0.717, 1.165) is 11.6 Å². The summed E-state index contributed by atoms with van der Waals surface area (Å²) in [5, 5.41) is 0. The molecule has 0 amide bonds. The lowest BCUT2D eigenvalue weighted by molar-refractivity contribution is 0.577. The number of anilines is 1. The lowest BCUT2D eigenvalue weighted by Gasteiger charge is -2.10. The van der Waals surface area contributed by atoms with Gasteiger partial charge in [0.2, 0.25) is 0 Å². The van der Waals surface area contributed by atoms with Crippen LogP contribution in [0.25, 0.3) is 0 Å². The van der Waals surface area contributed by atoms with Gasteiger partial charge in [0.25, 0.3) is 0 Å². The third kappa shape index (κ3) is 2.49. The van der Waals surface area contributed by atoms with Crippen LogP contribution in [-0.2, 0) is 0 Å². The molecule has 2 rings (SSSR count). The van der Waals surface area contributed by atoms with Gasteiger partial charge in [-0.3, -0.25) is 4.99 Å². The van der Waals surface area contributed by atoms with E-state index in [1.54, 1.807) is 20.0 Å². The average molecular weight is 276 g/mol. The monoisotopic (exact) mass is 276 g/mol. The highest BCUT2D eigenvalue weighted by Crippen LogP contribution is 2.19. The minimum atomic E-state index is -0.677. The zero-order valence-corrected chi connectivity index (χ0v) is 11.4. The maximum atomic E-state index is 13.6. The van der Waals surface area contributed by atoms with Crippen molar-refractivity contribution in [2.45, 2.75) is 13.8 Å². The molecule has 1 aromatic carbocycles. The number of benzene rings is 1. The number of hydrogen-bond donors (Lipinski definition) is 1. The van der Waals surface area contributed by atoms with Crippen molar-refractivity contribution in [2.24, 2.45) is 4.99 Å². The minimum Gasteiger partial charge on any atom is -0.383 e. The van der Waals surface area contributed by atoms with E-state index in [1.807, 2.05) is 0 Å². The van der Waals surface area contributed by atoms with Crippen molar-refractivity contribution < 1.29 is 8.78 Å². The predicted octanol–water partition coefficient (Wildman–Crippen LogP) is 2.42. The van der Waals surface area contributed by atoms with E-state index >= 15 is 0 Å². The van der Waals surface area contributed by atoms with Crippen LogP contribution in [0.2, 0.25) is 0 Å². The van der Waals surface area contributed by atoms with Crippen LogP contribution in [0, 0.1) is 25.5 Å². The van der Waals surface area contributed by atoms with Crippen LogP contribution >= 0.6 is 0 Å². The number of nitrogen functional groups attached to an aromatic ring is 1. The fourth-order valence-electron chi connectivity index (χ4n) is 1.80. The van der Waals surface area contributed by atoms with Gasteiger partial charge in [-0.2, -0.15) is 0 Å². The van der Waals surface area contributed by atoms with Crippen molar-refractivity contribution in [3.63, 3.8) is 0 Å². The first-order valence-corrected chi connectivity index (χ1v) is 5.96. The SMILES string of the molecule is C/N=C(/c1ncc(C)c(N)n1)c1cc(F)cc(F)c1C. The number of aliphatic imine (C=N–C) groups is 1. The lowest BCUT2D eigenvalue weighted by Crippen LogP contribution is -2.13. The first kappa shape index (κ1) is 14.0. The summed E-state index contributed by atoms with van der Waals surface area (Å²) in [5.74, 6) is -0.764. The molecule has 2 N–H and O–H groups in total. The number of rotatable bonds is 2. The van der Waals surface area contributed by atoms with Crippen LogP contribution in [-0.4, -0.2) is 22.7 Å². The molecule has 20 heavy (non-hydrogen) atoms. The zero-order valence-electron chi connectivity index (χ0n) is 11.4. The summed E-state index contributed by atoms with van der Waals surface area (Å²) in [6.07, 6.45) is 1.55. The molecule has 1 aromatic heterocycles. The van der Waals surface area contributed by atoms with E-state index in [2.05, 4.69) is 15.0 Å². The highest BCUT2D eigenvalue weighted by atomic mass is 19.1. The van der Waals surface area contributed by atoms with Gasteiger partial charge < -0.3 is 5.73 Å². The van der Waals surface area contributed by atoms with Gasteiger partial charge in [-0.1, -0.05) is 0 Å². The van der Waals surface area contributed by atoms with Crippen LogP contribution in [0.15, 0.2) is 23.3 Å². The third-order valence-electron chi connectivity index (χ3n) is 3.01. The van der Waals surface area contributed by atoms with Gasteiger partial charge in [-0.05, 0) is 25.5 Å². The third-order valence-corrected chi connectivity index (χ3v) is 3.01. The number of nitrogens with zero attached hydrogens (tertiary/aromatic N) is 3. The Morgan fingerprint density at radius 1 is 1.25 bits per heavy atom. The Kier molecular flexibility index (Phi) is 3.74. The molecule has 0 aliphatic heterocycles. The minimum absolute atomic E-state index is 0.240. The molecular weight excluding hydrogens is 262 g/mol. The Bertz CT molecular complexity index is 696. The highest BCUT2D eigenvalue weighted by molar-refractivity contribution is 6.11. The molecule has 4 nitrogen and oxygen atoms in total. The van der Waals surface area contributed by atoms with Crippen molar-refractivity contribution in [1.82, 2.24) is 9.97 Å². The molecule has 0 spiro atoms. The molecule has 0 fully saturated rings. The molecule has 2 aromatic rings. The van der Waals surface area contributed by atoms with E-state index in [-0.39, 0.29) is 11.4 Å². The number of aryl methyl sites for hydroxylation is 1. The Morgan fingerprint density at radius 3 is 2.55 bits per heavy atom. The van der Waals surface area contributed by atoms with Crippen LogP contribution in [0.5, 0.6) is 0 Å². The molecule has 0 atom stereocenters. The van der Waals surface area contributed by atoms with Crippen molar-refractivity contribution in [3.05, 3.63) is 52.5 Å². The summed E-state index contributed by atoms with van der Waals surface area (Å²) in [5.41, 5.74) is 7.36. The largest absolute Gasteiger partial charge is 0.383 e. The molecule has 6 heteroatoms. The second-order valence-corrected chi connectivity index (χ2v) is 4.39. The molecule has 0 unspecified atom stereocenters. The number of aromatic nitrogens is 2. The van der Waals surface area contributed by atoms with Crippen LogP contribution in [0.3, 0.4) is 0 Å². The highest BCUT2D eigenvalue weighted by Gasteiger charge is 2.16. The summed E-state index contributed by atoms with van der Waals surface area (Å²) in [6.45, 7) is 3.32. The van der Waals surface area contributed by atoms with Gasteiger partial charge in [0, 0.05) is 30.4 Å². The van der Waals surface area contributed by atoms with E-state index in [9.17, 15) is 8.78 Å². The van der Waals surface area contributed by atoms with E-state index in [0.29, 0.717) is 17.1 Å². The van der Waals surface area contributed by atoms with Gasteiger partial charge >= 0.3 is 0 Å². The molecule has 0 aliphatic rings. The molecule has 0 radical (unpaired) electrons. The summed E-state index contributed by atoms with van der Waals surface area (Å²) in [4.78, 5) is 12.3. The topological polar surface area (TPSA) is 64.2 Å². The lowest BCUT2D eigenvalue weighted by atomic mass is 10.0. The predicted molar refractivity (Wildman–Crippen MR) is 73.8 cm³/mol. The van der Waals surface area contributed by atoms with E-state index in [4.69, 9.17) is 5.73 Å². The normalized spacial score (nSPS) is 11.8. The first-order valence-electron chi connectivity index (χ1n) is 5.96. The second kappa shape index (κ2) is 5.32. The van der Waals surface area contributed by atoms with Crippen LogP contribution < -0.4 is 5.73 Å². The molecule has 0 saturated carbocycles. The molecule has 104 valence electrons. The Labute approximate surface area is 115 Å². The van der Waals surface area contributed by atoms with Crippen molar-refractivity contribution in [1.29, 1.82) is 0 Å². The van der Waals surface area contributed by atoms with Crippen molar-refractivity contribution in [3.8, 4) is 0 Å². The Hall–Kier alpha value is -2.37. The molecule has 0 bridgehead atoms. The number of halogens is 2. The summed E-state index contributed by atoms with van der Waals surface area (Å²) < 4.78 is 27.0. The Morgan fingerprint density at radius 2 is 1.95 bits per heavy atom. The quantitative estimate of drug-likeness (QED) is 0.857. The number of hydrogen-bond acceptors (Lipinski definition) is 4. The zero-order chi connectivity index (χ0) is 14.9. The summed E-state index contributed by atoms with van der Waals surface area (Å²) >= 11 is 0. The second-order valence-electron chi connectivity index (χ2n) is 4.39. The standard InChI is InChI=1S/C14H14F2N4/c1-7-6-19-14(20-13(7)17)12(18-3)10-4-9(15)5-11(16)8(10)2/h4-6H,1-3H3,(H2,17,19,20)/b18-12+.